The molecule has 0 spiro atoms. The van der Waals surface area contributed by atoms with E-state index < -0.39 is 6.04 Å². The van der Waals surface area contributed by atoms with Gasteiger partial charge in [-0.2, -0.15) is 0 Å². The summed E-state index contributed by atoms with van der Waals surface area (Å²) in [6.45, 7) is 8.51. The van der Waals surface area contributed by atoms with Crippen LogP contribution in [-0.2, 0) is 22.6 Å². The largest absolute Gasteiger partial charge is 0.352 e. The number of benzene rings is 3. The van der Waals surface area contributed by atoms with Crippen molar-refractivity contribution in [3.05, 3.63) is 83.4 Å². The van der Waals surface area contributed by atoms with Crippen LogP contribution in [0.25, 0.3) is 10.8 Å². The lowest BCUT2D eigenvalue weighted by Crippen LogP contribution is -2.50. The normalized spacial score (nSPS) is 12.8. The highest BCUT2D eigenvalue weighted by atomic mass is 16.2. The van der Waals surface area contributed by atoms with Crippen molar-refractivity contribution in [2.45, 2.75) is 72.0 Å². The summed E-state index contributed by atoms with van der Waals surface area (Å²) < 4.78 is 0. The second-order valence-corrected chi connectivity index (χ2v) is 8.83. The minimum absolute atomic E-state index is 0.0114. The molecule has 0 aliphatic heterocycles. The fourth-order valence-electron chi connectivity index (χ4n) is 4.23. The van der Waals surface area contributed by atoms with Crippen LogP contribution in [-0.4, -0.2) is 28.8 Å². The lowest BCUT2D eigenvalue weighted by atomic mass is 10.00. The highest BCUT2D eigenvalue weighted by molar-refractivity contribution is 5.89. The van der Waals surface area contributed by atoms with E-state index in [1.54, 1.807) is 4.90 Å². The van der Waals surface area contributed by atoms with Gasteiger partial charge in [0.15, 0.2) is 0 Å². The van der Waals surface area contributed by atoms with E-state index in [4.69, 9.17) is 0 Å². The summed E-state index contributed by atoms with van der Waals surface area (Å²) >= 11 is 0. The van der Waals surface area contributed by atoms with E-state index in [2.05, 4.69) is 29.6 Å². The third-order valence-electron chi connectivity index (χ3n) is 6.48. The first kappa shape index (κ1) is 24.5. The number of carbonyl (C=O) groups excluding carboxylic acids is 2. The van der Waals surface area contributed by atoms with Crippen molar-refractivity contribution in [1.29, 1.82) is 0 Å². The minimum Gasteiger partial charge on any atom is -0.352 e. The van der Waals surface area contributed by atoms with Gasteiger partial charge in [0.05, 0.1) is 0 Å². The van der Waals surface area contributed by atoms with E-state index >= 15 is 0 Å². The molecule has 0 aliphatic rings. The van der Waals surface area contributed by atoms with Crippen molar-refractivity contribution < 1.29 is 9.59 Å². The lowest BCUT2D eigenvalue weighted by molar-refractivity contribution is -0.141. The van der Waals surface area contributed by atoms with Gasteiger partial charge in [-0.15, -0.1) is 0 Å². The van der Waals surface area contributed by atoms with Gasteiger partial charge in [0.2, 0.25) is 11.8 Å². The molecule has 174 valence electrons. The first-order chi connectivity index (χ1) is 15.9. The van der Waals surface area contributed by atoms with Crippen LogP contribution in [0, 0.1) is 6.92 Å². The number of nitrogens with one attached hydrogen (secondary N) is 1. The molecule has 3 rings (SSSR count). The molecule has 0 radical (unpaired) electrons. The summed E-state index contributed by atoms with van der Waals surface area (Å²) in [5.41, 5.74) is 3.36. The summed E-state index contributed by atoms with van der Waals surface area (Å²) in [6, 6.07) is 22.2. The summed E-state index contributed by atoms with van der Waals surface area (Å²) in [7, 11) is 0. The molecular weight excluding hydrogens is 408 g/mol. The zero-order valence-electron chi connectivity index (χ0n) is 20.3. The van der Waals surface area contributed by atoms with Crippen LogP contribution in [0.15, 0.2) is 66.7 Å². The molecule has 33 heavy (non-hydrogen) atoms. The SMILES string of the molecule is CC[C@H](C(=O)N[C@@H](C)CC)N(Cc1ccccc1C)C(=O)CCc1cccc2ccccc12. The standard InChI is InChI=1S/C29H36N2O2/c1-5-22(4)30-29(33)27(6-2)31(20-25-14-8-7-12-21(25)3)28(32)19-18-24-16-11-15-23-13-9-10-17-26(23)24/h7-17,22,27H,5-6,18-20H2,1-4H3,(H,30,33)/t22-,27+/m0/s1. The molecule has 0 saturated heterocycles. The van der Waals surface area contributed by atoms with Gasteiger partial charge in [-0.3, -0.25) is 9.59 Å². The van der Waals surface area contributed by atoms with Gasteiger partial charge in [-0.25, -0.2) is 0 Å². The smallest absolute Gasteiger partial charge is 0.243 e. The molecule has 2 amide bonds. The van der Waals surface area contributed by atoms with Crippen LogP contribution in [0.1, 0.15) is 56.7 Å². The van der Waals surface area contributed by atoms with Crippen molar-refractivity contribution in [3.63, 3.8) is 0 Å². The Labute approximate surface area is 198 Å². The van der Waals surface area contributed by atoms with Crippen molar-refractivity contribution in [2.75, 3.05) is 0 Å². The van der Waals surface area contributed by atoms with Gasteiger partial charge in [0, 0.05) is 19.0 Å². The van der Waals surface area contributed by atoms with Gasteiger partial charge in [-0.05, 0) is 60.6 Å². The molecule has 4 heteroatoms. The molecule has 0 bridgehead atoms. The molecular formula is C29H36N2O2. The molecule has 0 saturated carbocycles. The maximum absolute atomic E-state index is 13.6. The summed E-state index contributed by atoms with van der Waals surface area (Å²) in [4.78, 5) is 28.5. The maximum Gasteiger partial charge on any atom is 0.243 e. The molecule has 0 fully saturated rings. The Hall–Kier alpha value is -3.14. The third kappa shape index (κ3) is 6.22. The molecule has 2 atom stereocenters. The topological polar surface area (TPSA) is 49.4 Å². The van der Waals surface area contributed by atoms with E-state index in [1.165, 1.54) is 10.8 Å². The first-order valence-corrected chi connectivity index (χ1v) is 12.1. The van der Waals surface area contributed by atoms with E-state index in [1.807, 2.05) is 70.2 Å². The number of aryl methyl sites for hydroxylation is 2. The molecule has 4 nitrogen and oxygen atoms in total. The monoisotopic (exact) mass is 444 g/mol. The van der Waals surface area contributed by atoms with Crippen LogP contribution in [0.5, 0.6) is 0 Å². The quantitative estimate of drug-likeness (QED) is 0.429. The molecule has 0 heterocycles. The minimum atomic E-state index is -0.487. The van der Waals surface area contributed by atoms with Crippen molar-refractivity contribution in [3.8, 4) is 0 Å². The van der Waals surface area contributed by atoms with Gasteiger partial charge < -0.3 is 10.2 Å². The van der Waals surface area contributed by atoms with Crippen molar-refractivity contribution >= 4 is 22.6 Å². The highest BCUT2D eigenvalue weighted by Gasteiger charge is 2.29. The Bertz CT molecular complexity index is 1090. The maximum atomic E-state index is 13.6. The zero-order chi connectivity index (χ0) is 23.8. The Morgan fingerprint density at radius 1 is 0.879 bits per heavy atom. The van der Waals surface area contributed by atoms with Gasteiger partial charge in [0.25, 0.3) is 0 Å². The third-order valence-corrected chi connectivity index (χ3v) is 6.48. The zero-order valence-corrected chi connectivity index (χ0v) is 20.3. The van der Waals surface area contributed by atoms with Crippen LogP contribution in [0.4, 0.5) is 0 Å². The van der Waals surface area contributed by atoms with Gasteiger partial charge in [-0.1, -0.05) is 80.6 Å². The van der Waals surface area contributed by atoms with E-state index in [0.29, 0.717) is 25.8 Å². The molecule has 1 N–H and O–H groups in total. The van der Waals surface area contributed by atoms with Crippen molar-refractivity contribution in [1.82, 2.24) is 10.2 Å². The molecule has 0 unspecified atom stereocenters. The molecule has 3 aromatic carbocycles. The number of amides is 2. The van der Waals surface area contributed by atoms with Crippen LogP contribution in [0.3, 0.4) is 0 Å². The molecule has 0 aliphatic carbocycles. The Kier molecular flexibility index (Phi) is 8.65. The number of hydrogen-bond donors (Lipinski definition) is 1. The molecule has 3 aromatic rings. The van der Waals surface area contributed by atoms with Crippen LogP contribution in [0.2, 0.25) is 0 Å². The van der Waals surface area contributed by atoms with E-state index in [9.17, 15) is 9.59 Å². The summed E-state index contributed by atoms with van der Waals surface area (Å²) in [5.74, 6) is -0.0590. The Balaban J connectivity index is 1.84. The van der Waals surface area contributed by atoms with Crippen LogP contribution >= 0.6 is 0 Å². The number of hydrogen-bond acceptors (Lipinski definition) is 2. The highest BCUT2D eigenvalue weighted by Crippen LogP contribution is 2.22. The van der Waals surface area contributed by atoms with Crippen LogP contribution < -0.4 is 5.32 Å². The number of carbonyl (C=O) groups is 2. The van der Waals surface area contributed by atoms with Crippen molar-refractivity contribution in [2.24, 2.45) is 0 Å². The number of nitrogens with zero attached hydrogens (tertiary/aromatic N) is 1. The lowest BCUT2D eigenvalue weighted by Gasteiger charge is -2.32. The second kappa shape index (κ2) is 11.6. The fraction of sp³-hybridized carbons (Fsp3) is 0.379. The van der Waals surface area contributed by atoms with E-state index in [0.717, 1.165) is 23.1 Å². The summed E-state index contributed by atoms with van der Waals surface area (Å²) in [5, 5.41) is 5.44. The average Bonchev–Trinajstić information content (AvgIpc) is 2.83. The number of rotatable bonds is 10. The Morgan fingerprint density at radius 3 is 2.27 bits per heavy atom. The summed E-state index contributed by atoms with van der Waals surface area (Å²) in [6.07, 6.45) is 2.45. The predicted octanol–water partition coefficient (Wildman–Crippen LogP) is 5.80. The number of fused-ring (bicyclic) bond motifs is 1. The second-order valence-electron chi connectivity index (χ2n) is 8.83. The van der Waals surface area contributed by atoms with E-state index in [-0.39, 0.29) is 17.9 Å². The molecule has 0 aromatic heterocycles. The fourth-order valence-corrected chi connectivity index (χ4v) is 4.23. The first-order valence-electron chi connectivity index (χ1n) is 12.1. The van der Waals surface area contributed by atoms with Gasteiger partial charge in [0.1, 0.15) is 6.04 Å². The van der Waals surface area contributed by atoms with Gasteiger partial charge >= 0.3 is 0 Å². The predicted molar refractivity (Wildman–Crippen MR) is 136 cm³/mol. The Morgan fingerprint density at radius 2 is 1.55 bits per heavy atom. The average molecular weight is 445 g/mol.